The zero-order valence-electron chi connectivity index (χ0n) is 19.2. The van der Waals surface area contributed by atoms with Crippen molar-refractivity contribution in [1.82, 2.24) is 24.3 Å². The number of aromatic nitrogens is 2. The van der Waals surface area contributed by atoms with Crippen LogP contribution in [0.2, 0.25) is 0 Å². The van der Waals surface area contributed by atoms with Crippen LogP contribution in [0.25, 0.3) is 5.65 Å². The fourth-order valence-corrected chi connectivity index (χ4v) is 4.71. The van der Waals surface area contributed by atoms with Gasteiger partial charge < -0.3 is 15.0 Å². The van der Waals surface area contributed by atoms with Crippen LogP contribution in [-0.4, -0.2) is 55.2 Å². The molecule has 1 aromatic carbocycles. The van der Waals surface area contributed by atoms with E-state index in [0.717, 1.165) is 24.1 Å². The third-order valence-electron chi connectivity index (χ3n) is 4.73. The van der Waals surface area contributed by atoms with E-state index < -0.39 is 10.0 Å². The monoisotopic (exact) mass is 461 g/mol. The smallest absolute Gasteiger partial charge is 0.253 e. The number of pyridine rings is 1. The first-order chi connectivity index (χ1) is 15.5. The Morgan fingerprint density at radius 1 is 1.06 bits per heavy atom. The molecule has 0 radical (unpaired) electrons. The van der Waals surface area contributed by atoms with Crippen molar-refractivity contribution in [3.63, 3.8) is 0 Å². The molecule has 3 aromatic rings. The van der Waals surface area contributed by atoms with E-state index in [1.807, 2.05) is 27.9 Å². The fraction of sp³-hybridized carbons (Fsp3) is 0.391. The van der Waals surface area contributed by atoms with E-state index in [2.05, 4.69) is 15.6 Å². The first-order valence-electron chi connectivity index (χ1n) is 10.8. The van der Waals surface area contributed by atoms with E-state index in [4.69, 9.17) is 0 Å². The first kappa shape index (κ1) is 25.5. The Bertz CT molecular complexity index is 1090. The number of fused-ring (bicyclic) bond motifs is 1. The minimum absolute atomic E-state index is 0. The van der Waals surface area contributed by atoms with Crippen LogP contribution >= 0.6 is 0 Å². The molecule has 0 spiro atoms. The van der Waals surface area contributed by atoms with Crippen molar-refractivity contribution in [2.45, 2.75) is 38.1 Å². The highest BCUT2D eigenvalue weighted by molar-refractivity contribution is 7.89. The second-order valence-electron chi connectivity index (χ2n) is 7.05. The Labute approximate surface area is 192 Å². The summed E-state index contributed by atoms with van der Waals surface area (Å²) in [4.78, 5) is 16.8. The third kappa shape index (κ3) is 6.38. The number of carbonyl (C=O) groups is 1. The zero-order chi connectivity index (χ0) is 23.6. The zero-order valence-corrected chi connectivity index (χ0v) is 20.0. The Hall–Kier alpha value is -2.75. The molecule has 1 amide bonds. The van der Waals surface area contributed by atoms with Crippen LogP contribution in [0.1, 0.15) is 44.0 Å². The summed E-state index contributed by atoms with van der Waals surface area (Å²) in [5.41, 5.74) is 2.16. The van der Waals surface area contributed by atoms with Gasteiger partial charge in [-0.2, -0.15) is 4.31 Å². The molecule has 8 nitrogen and oxygen atoms in total. The summed E-state index contributed by atoms with van der Waals surface area (Å²) in [6.45, 7) is 5.49. The van der Waals surface area contributed by atoms with E-state index in [-0.39, 0.29) is 7.33 Å². The molecule has 1 fully saturated rings. The Morgan fingerprint density at radius 2 is 1.69 bits per heavy atom. The summed E-state index contributed by atoms with van der Waals surface area (Å²) in [5, 5.41) is 5.60. The number of benzene rings is 1. The molecule has 1 saturated heterocycles. The molecule has 2 N–H and O–H groups in total. The van der Waals surface area contributed by atoms with Gasteiger partial charge in [0.25, 0.3) is 5.91 Å². The van der Waals surface area contributed by atoms with Crippen molar-refractivity contribution < 1.29 is 14.6 Å². The lowest BCUT2D eigenvalue weighted by Crippen LogP contribution is -2.28. The number of nitrogens with one attached hydrogen (secondary N) is 2. The molecule has 9 heteroatoms. The second kappa shape index (κ2) is 12.3. The topological polar surface area (TPSA) is 95.8 Å². The van der Waals surface area contributed by atoms with Crippen LogP contribution in [0.3, 0.4) is 0 Å². The fourth-order valence-electron chi connectivity index (χ4n) is 3.20. The lowest BCUT2D eigenvalue weighted by atomic mass is 10.2. The van der Waals surface area contributed by atoms with Crippen LogP contribution in [-0.2, 0) is 16.6 Å². The Kier molecular flexibility index (Phi) is 9.83. The maximum Gasteiger partial charge on any atom is 0.253 e. The molecule has 1 aliphatic heterocycles. The number of nitrogens with zero attached hydrogens (tertiary/aromatic N) is 3. The summed E-state index contributed by atoms with van der Waals surface area (Å²) in [6.07, 6.45) is 7.01. The average Bonchev–Trinajstić information content (AvgIpc) is 3.51. The van der Waals surface area contributed by atoms with Gasteiger partial charge in [-0.3, -0.25) is 4.79 Å². The van der Waals surface area contributed by atoms with Gasteiger partial charge in [-0.15, -0.1) is 0 Å². The van der Waals surface area contributed by atoms with Gasteiger partial charge >= 0.3 is 0 Å². The van der Waals surface area contributed by atoms with Gasteiger partial charge in [-0.05, 0) is 56.8 Å². The molecule has 0 atom stereocenters. The van der Waals surface area contributed by atoms with Crippen LogP contribution in [0.5, 0.6) is 0 Å². The van der Waals surface area contributed by atoms with Crippen molar-refractivity contribution >= 4 is 21.6 Å². The van der Waals surface area contributed by atoms with Gasteiger partial charge in [0.15, 0.2) is 0 Å². The summed E-state index contributed by atoms with van der Waals surface area (Å²) in [7, 11) is 0.342. The van der Waals surface area contributed by atoms with E-state index in [1.165, 1.54) is 4.31 Å². The molecule has 0 aliphatic carbocycles. The number of imidazole rings is 1. The number of hydrogen-bond acceptors (Lipinski definition) is 5. The van der Waals surface area contributed by atoms with Crippen LogP contribution in [0.4, 0.5) is 0 Å². The summed E-state index contributed by atoms with van der Waals surface area (Å²) < 4.78 is 28.4. The highest BCUT2D eigenvalue weighted by Gasteiger charge is 2.26. The summed E-state index contributed by atoms with van der Waals surface area (Å²) in [6, 6.07) is 10.2. The van der Waals surface area contributed by atoms with Crippen molar-refractivity contribution in [1.29, 1.82) is 0 Å². The number of rotatable bonds is 5. The normalized spacial score (nSPS) is 13.6. The number of sulfonamides is 1. The lowest BCUT2D eigenvalue weighted by Gasteiger charge is -2.15. The summed E-state index contributed by atoms with van der Waals surface area (Å²) >= 11 is 0. The maximum atomic E-state index is 12.5. The van der Waals surface area contributed by atoms with Crippen molar-refractivity contribution in [2.24, 2.45) is 0 Å². The average molecular weight is 462 g/mol. The molecule has 176 valence electrons. The SMILES string of the molecule is CC.CNC.O=C(NCc1ccc(S(=O)(=O)N2CCCC2)cc1)c1ccc2nccn2c1.[HH]. The molecular weight excluding hydrogens is 426 g/mol. The summed E-state index contributed by atoms with van der Waals surface area (Å²) in [5.74, 6) is -0.195. The predicted molar refractivity (Wildman–Crippen MR) is 129 cm³/mol. The molecule has 0 bridgehead atoms. The van der Waals surface area contributed by atoms with Gasteiger partial charge in [-0.25, -0.2) is 13.4 Å². The minimum atomic E-state index is -3.41. The molecule has 1 aliphatic rings. The standard InChI is InChI=1S/C19H20N4O3S.C2H7N.C2H6.H2/c24-19(16-5-8-18-20-9-12-22(18)14-16)21-13-15-3-6-17(7-4-15)27(25,26)23-10-1-2-11-23;1-3-2;1-2;/h3-9,12,14H,1-2,10-11,13H2,(H,21,24);3H,1-2H3;1-2H3;1H. The first-order valence-corrected chi connectivity index (χ1v) is 12.3. The van der Waals surface area contributed by atoms with Gasteiger partial charge in [0.05, 0.1) is 10.5 Å². The molecule has 2 aromatic heterocycles. The van der Waals surface area contributed by atoms with Crippen LogP contribution in [0.15, 0.2) is 59.9 Å². The lowest BCUT2D eigenvalue weighted by molar-refractivity contribution is 0.0950. The van der Waals surface area contributed by atoms with E-state index in [1.54, 1.807) is 59.4 Å². The van der Waals surface area contributed by atoms with Gasteiger partial charge in [0.1, 0.15) is 5.65 Å². The van der Waals surface area contributed by atoms with Gasteiger partial charge in [0.2, 0.25) is 10.0 Å². The molecule has 0 saturated carbocycles. The highest BCUT2D eigenvalue weighted by Crippen LogP contribution is 2.21. The Morgan fingerprint density at radius 3 is 2.31 bits per heavy atom. The third-order valence-corrected chi connectivity index (χ3v) is 6.64. The molecule has 32 heavy (non-hydrogen) atoms. The van der Waals surface area contributed by atoms with Crippen molar-refractivity contribution in [3.8, 4) is 0 Å². The molecule has 0 unspecified atom stereocenters. The van der Waals surface area contributed by atoms with Crippen LogP contribution in [0, 0.1) is 0 Å². The van der Waals surface area contributed by atoms with Gasteiger partial charge in [-0.1, -0.05) is 26.0 Å². The molecule has 4 rings (SSSR count). The highest BCUT2D eigenvalue weighted by atomic mass is 32.2. The van der Waals surface area contributed by atoms with Crippen molar-refractivity contribution in [2.75, 3.05) is 27.2 Å². The number of carbonyl (C=O) groups excluding carboxylic acids is 1. The number of amides is 1. The van der Waals surface area contributed by atoms with E-state index in [0.29, 0.717) is 30.1 Å². The quantitative estimate of drug-likeness (QED) is 0.609. The largest absolute Gasteiger partial charge is 0.348 e. The Balaban J connectivity index is 0.000000841. The molecular formula is C23H35N5O3S. The van der Waals surface area contributed by atoms with Crippen molar-refractivity contribution in [3.05, 3.63) is 66.1 Å². The van der Waals surface area contributed by atoms with E-state index >= 15 is 0 Å². The number of hydrogen-bond donors (Lipinski definition) is 2. The van der Waals surface area contributed by atoms with E-state index in [9.17, 15) is 13.2 Å². The van der Waals surface area contributed by atoms with Crippen LogP contribution < -0.4 is 10.6 Å². The second-order valence-corrected chi connectivity index (χ2v) is 8.99. The predicted octanol–water partition coefficient (Wildman–Crippen LogP) is 3.16. The van der Waals surface area contributed by atoms with Gasteiger partial charge in [0, 0.05) is 39.7 Å². The maximum absolute atomic E-state index is 12.5. The minimum Gasteiger partial charge on any atom is -0.348 e. The molecule has 3 heterocycles.